The van der Waals surface area contributed by atoms with Gasteiger partial charge in [0.15, 0.2) is 0 Å². The van der Waals surface area contributed by atoms with E-state index < -0.39 is 6.72 Å². The molecule has 0 unspecified atom stereocenters. The van der Waals surface area contributed by atoms with Crippen LogP contribution in [-0.4, -0.2) is 19.5 Å². The normalized spacial score (nSPS) is 11.6. The van der Waals surface area contributed by atoms with Crippen LogP contribution in [0.2, 0.25) is 10.0 Å². The summed E-state index contributed by atoms with van der Waals surface area (Å²) in [7, 11) is 0. The highest BCUT2D eigenvalue weighted by atomic mass is 35.5. The fraction of sp³-hybridized carbons (Fsp3) is 0.455. The second kappa shape index (κ2) is 8.08. The molecule has 0 saturated heterocycles. The molecule has 0 atom stereocenters. The molecule has 8 heteroatoms. The van der Waals surface area contributed by atoms with Crippen molar-refractivity contribution in [3.05, 3.63) is 22.2 Å². The molecule has 0 saturated carbocycles. The van der Waals surface area contributed by atoms with Crippen molar-refractivity contribution in [2.75, 3.05) is 19.5 Å². The van der Waals surface area contributed by atoms with E-state index in [0.29, 0.717) is 29.0 Å². The predicted molar refractivity (Wildman–Crippen MR) is 86.4 cm³/mol. The highest BCUT2D eigenvalue weighted by Crippen LogP contribution is 2.52. The third-order valence-electron chi connectivity index (χ3n) is 1.99. The molecular formula is C11H15Cl2O3PS2. The van der Waals surface area contributed by atoms with Gasteiger partial charge in [-0.3, -0.25) is 9.05 Å². The lowest BCUT2D eigenvalue weighted by molar-refractivity contribution is 0.218. The molecule has 0 spiro atoms. The van der Waals surface area contributed by atoms with Crippen molar-refractivity contribution in [1.29, 1.82) is 0 Å². The monoisotopic (exact) mass is 360 g/mol. The summed E-state index contributed by atoms with van der Waals surface area (Å²) in [5, 5.41) is 0.961. The van der Waals surface area contributed by atoms with Crippen LogP contribution in [0.15, 0.2) is 17.0 Å². The summed E-state index contributed by atoms with van der Waals surface area (Å²) >= 11 is 19.0. The molecule has 0 N–H and O–H groups in total. The quantitative estimate of drug-likeness (QED) is 0.479. The second-order valence-electron chi connectivity index (χ2n) is 3.29. The molecule has 0 fully saturated rings. The van der Waals surface area contributed by atoms with Crippen molar-refractivity contribution in [3.8, 4) is 5.75 Å². The van der Waals surface area contributed by atoms with Crippen molar-refractivity contribution >= 4 is 53.5 Å². The summed E-state index contributed by atoms with van der Waals surface area (Å²) in [4.78, 5) is 0.857. The predicted octanol–water partition coefficient (Wildman–Crippen LogP) is 5.39. The zero-order chi connectivity index (χ0) is 14.5. The molecule has 0 aliphatic rings. The Bertz CT molecular complexity index is 475. The van der Waals surface area contributed by atoms with Crippen LogP contribution >= 0.6 is 41.7 Å². The Morgan fingerprint density at radius 2 is 1.74 bits per heavy atom. The molecule has 3 nitrogen and oxygen atoms in total. The van der Waals surface area contributed by atoms with Crippen molar-refractivity contribution in [3.63, 3.8) is 0 Å². The largest absolute Gasteiger partial charge is 0.422 e. The Hall–Kier alpha value is 0.520. The Balaban J connectivity index is 3.05. The third kappa shape index (κ3) is 5.09. The highest BCUT2D eigenvalue weighted by molar-refractivity contribution is 8.07. The van der Waals surface area contributed by atoms with Gasteiger partial charge in [0.05, 0.1) is 23.3 Å². The number of thioether (sulfide) groups is 1. The zero-order valence-electron chi connectivity index (χ0n) is 10.8. The first-order chi connectivity index (χ1) is 8.95. The van der Waals surface area contributed by atoms with E-state index >= 15 is 0 Å². The van der Waals surface area contributed by atoms with E-state index in [1.807, 2.05) is 20.1 Å². The van der Waals surface area contributed by atoms with Crippen molar-refractivity contribution in [1.82, 2.24) is 0 Å². The van der Waals surface area contributed by atoms with Gasteiger partial charge in [-0.25, -0.2) is 0 Å². The topological polar surface area (TPSA) is 27.7 Å². The maximum atomic E-state index is 6.11. The van der Waals surface area contributed by atoms with Gasteiger partial charge >= 0.3 is 6.72 Å². The van der Waals surface area contributed by atoms with Gasteiger partial charge in [-0.2, -0.15) is 0 Å². The average molecular weight is 361 g/mol. The van der Waals surface area contributed by atoms with E-state index in [9.17, 15) is 0 Å². The fourth-order valence-electron chi connectivity index (χ4n) is 1.26. The van der Waals surface area contributed by atoms with Gasteiger partial charge in [-0.15, -0.1) is 11.8 Å². The van der Waals surface area contributed by atoms with E-state index in [1.54, 1.807) is 12.1 Å². The number of halogens is 2. The van der Waals surface area contributed by atoms with Gasteiger partial charge in [0.25, 0.3) is 0 Å². The third-order valence-corrected chi connectivity index (χ3v) is 5.91. The van der Waals surface area contributed by atoms with Gasteiger partial charge < -0.3 is 4.52 Å². The molecule has 0 radical (unpaired) electrons. The van der Waals surface area contributed by atoms with Crippen molar-refractivity contribution in [2.45, 2.75) is 18.7 Å². The first kappa shape index (κ1) is 17.6. The van der Waals surface area contributed by atoms with Gasteiger partial charge in [0.1, 0.15) is 5.75 Å². The smallest absolute Gasteiger partial charge is 0.380 e. The SMILES string of the molecule is CCOP(=S)(OCC)Oc1cc(SC)c(Cl)cc1Cl. The summed E-state index contributed by atoms with van der Waals surface area (Å²) in [6, 6.07) is 3.37. The zero-order valence-corrected chi connectivity index (χ0v) is 14.9. The van der Waals surface area contributed by atoms with Gasteiger partial charge in [-0.1, -0.05) is 23.2 Å². The summed E-state index contributed by atoms with van der Waals surface area (Å²) < 4.78 is 16.5. The van der Waals surface area contributed by atoms with Gasteiger partial charge in [0, 0.05) is 16.7 Å². The van der Waals surface area contributed by atoms with E-state index in [4.69, 9.17) is 48.6 Å². The Kier molecular flexibility index (Phi) is 7.47. The standard InChI is InChI=1S/C11H15Cl2O3PS2/c1-4-14-17(18,15-5-2)16-10-7-11(19-3)9(13)6-8(10)12/h6-7H,4-5H2,1-3H3. The van der Waals surface area contributed by atoms with Crippen LogP contribution in [0.5, 0.6) is 5.75 Å². The van der Waals surface area contributed by atoms with Crippen molar-refractivity contribution < 1.29 is 13.6 Å². The van der Waals surface area contributed by atoms with Crippen LogP contribution in [0, 0.1) is 0 Å². The minimum atomic E-state index is -2.82. The van der Waals surface area contributed by atoms with Crippen LogP contribution in [0.1, 0.15) is 13.8 Å². The molecule has 1 aromatic rings. The van der Waals surface area contributed by atoms with E-state index in [1.165, 1.54) is 11.8 Å². The Morgan fingerprint density at radius 1 is 1.16 bits per heavy atom. The van der Waals surface area contributed by atoms with Crippen LogP contribution in [0.25, 0.3) is 0 Å². The molecule has 0 heterocycles. The number of rotatable bonds is 7. The number of hydrogen-bond acceptors (Lipinski definition) is 5. The second-order valence-corrected chi connectivity index (χ2v) is 7.89. The average Bonchev–Trinajstić information content (AvgIpc) is 2.33. The minimum Gasteiger partial charge on any atom is -0.422 e. The summed E-state index contributed by atoms with van der Waals surface area (Å²) in [5.74, 6) is 0.431. The summed E-state index contributed by atoms with van der Waals surface area (Å²) in [6.45, 7) is 1.68. The molecule has 1 aromatic carbocycles. The van der Waals surface area contributed by atoms with Crippen LogP contribution in [0.3, 0.4) is 0 Å². The lowest BCUT2D eigenvalue weighted by Gasteiger charge is -2.22. The maximum Gasteiger partial charge on any atom is 0.380 e. The molecule has 1 rings (SSSR count). The number of hydrogen-bond donors (Lipinski definition) is 0. The first-order valence-corrected chi connectivity index (χ1v) is 10.1. The van der Waals surface area contributed by atoms with Gasteiger partial charge in [-0.05, 0) is 32.2 Å². The molecule has 0 aliphatic carbocycles. The molecule has 0 aromatic heterocycles. The lowest BCUT2D eigenvalue weighted by Crippen LogP contribution is -2.02. The summed E-state index contributed by atoms with van der Waals surface area (Å²) in [5.41, 5.74) is 0. The minimum absolute atomic E-state index is 0.386. The molecular weight excluding hydrogens is 346 g/mol. The molecule has 0 bridgehead atoms. The first-order valence-electron chi connectivity index (χ1n) is 5.57. The molecule has 0 aliphatic heterocycles. The van der Waals surface area contributed by atoms with E-state index in [-0.39, 0.29) is 0 Å². The summed E-state index contributed by atoms with van der Waals surface area (Å²) in [6.07, 6.45) is 1.92. The highest BCUT2D eigenvalue weighted by Gasteiger charge is 2.23. The number of benzene rings is 1. The maximum absolute atomic E-state index is 6.11. The molecule has 0 amide bonds. The Labute approximate surface area is 133 Å². The van der Waals surface area contributed by atoms with E-state index in [0.717, 1.165) is 4.90 Å². The lowest BCUT2D eigenvalue weighted by atomic mass is 10.3. The molecule has 108 valence electrons. The van der Waals surface area contributed by atoms with E-state index in [2.05, 4.69) is 0 Å². The van der Waals surface area contributed by atoms with Gasteiger partial charge in [0.2, 0.25) is 0 Å². The fourth-order valence-corrected chi connectivity index (χ4v) is 4.53. The van der Waals surface area contributed by atoms with Crippen molar-refractivity contribution in [2.24, 2.45) is 0 Å². The Morgan fingerprint density at radius 3 is 2.21 bits per heavy atom. The van der Waals surface area contributed by atoms with Crippen LogP contribution in [-0.2, 0) is 20.9 Å². The van der Waals surface area contributed by atoms with Crippen LogP contribution < -0.4 is 4.52 Å². The molecule has 19 heavy (non-hydrogen) atoms. The van der Waals surface area contributed by atoms with Crippen LogP contribution in [0.4, 0.5) is 0 Å².